The van der Waals surface area contributed by atoms with E-state index in [2.05, 4.69) is 10.0 Å². The molecular weight excluding hydrogens is 454 g/mol. The number of benzene rings is 2. The molecule has 2 N–H and O–H groups in total. The van der Waals surface area contributed by atoms with E-state index in [1.54, 1.807) is 29.5 Å². The van der Waals surface area contributed by atoms with Crippen LogP contribution in [0.3, 0.4) is 0 Å². The normalized spacial score (nSPS) is 14.8. The van der Waals surface area contributed by atoms with E-state index in [-0.39, 0.29) is 4.90 Å². The number of methoxy groups -OCH3 is 1. The lowest BCUT2D eigenvalue weighted by Gasteiger charge is -2.22. The number of ether oxygens (including phenoxy) is 1. The third-order valence-electron chi connectivity index (χ3n) is 6.20. The fourth-order valence-corrected chi connectivity index (χ4v) is 6.48. The molecule has 8 heteroatoms. The quantitative estimate of drug-likeness (QED) is 0.411. The third-order valence-corrected chi connectivity index (χ3v) is 8.74. The number of hydrogen-bond acceptors (Lipinski definition) is 6. The first kappa shape index (κ1) is 23.6. The predicted octanol–water partition coefficient (Wildman–Crippen LogP) is 6.29. The van der Waals surface area contributed by atoms with Crippen LogP contribution >= 0.6 is 11.3 Å². The first-order valence-electron chi connectivity index (χ1n) is 11.3. The molecule has 2 aromatic carbocycles. The molecule has 0 bridgehead atoms. The van der Waals surface area contributed by atoms with Crippen LogP contribution in [0.4, 0.5) is 10.8 Å². The van der Waals surface area contributed by atoms with Gasteiger partial charge in [-0.2, -0.15) is 0 Å². The first-order valence-corrected chi connectivity index (χ1v) is 13.6. The fourth-order valence-electron chi connectivity index (χ4n) is 4.19. The molecule has 0 spiro atoms. The van der Waals surface area contributed by atoms with Gasteiger partial charge in [0.05, 0.1) is 17.7 Å². The molecule has 1 aliphatic carbocycles. The van der Waals surface area contributed by atoms with Crippen LogP contribution in [0.15, 0.2) is 41.3 Å². The summed E-state index contributed by atoms with van der Waals surface area (Å²) in [6, 6.07) is 11.2. The van der Waals surface area contributed by atoms with Crippen LogP contribution in [0, 0.1) is 20.8 Å². The molecule has 1 aliphatic rings. The number of sulfonamides is 1. The molecule has 0 amide bonds. The molecule has 3 aromatic rings. The summed E-state index contributed by atoms with van der Waals surface area (Å²) < 4.78 is 34.7. The lowest BCUT2D eigenvalue weighted by molar-refractivity contribution is 0.403. The number of hydrogen-bond donors (Lipinski definition) is 2. The number of nitrogens with zero attached hydrogens (tertiary/aromatic N) is 1. The highest BCUT2D eigenvalue weighted by Crippen LogP contribution is 2.37. The van der Waals surface area contributed by atoms with Crippen LogP contribution in [0.1, 0.15) is 48.9 Å². The molecule has 0 radical (unpaired) electrons. The SMILES string of the molecule is COc1ccc(-c2sc(NC3CCCCC3)nc2C)cc1S(=O)(=O)Nc1ccc(C)c(C)c1. The minimum absolute atomic E-state index is 0.107. The summed E-state index contributed by atoms with van der Waals surface area (Å²) >= 11 is 1.57. The van der Waals surface area contributed by atoms with E-state index in [1.165, 1.54) is 39.2 Å². The van der Waals surface area contributed by atoms with Crippen LogP contribution in [0.5, 0.6) is 5.75 Å². The molecule has 1 heterocycles. The van der Waals surface area contributed by atoms with E-state index >= 15 is 0 Å². The average molecular weight is 486 g/mol. The summed E-state index contributed by atoms with van der Waals surface area (Å²) in [7, 11) is -2.37. The van der Waals surface area contributed by atoms with Crippen molar-refractivity contribution in [2.75, 3.05) is 17.1 Å². The van der Waals surface area contributed by atoms with Gasteiger partial charge in [0.25, 0.3) is 10.0 Å². The predicted molar refractivity (Wildman–Crippen MR) is 136 cm³/mol. The fraction of sp³-hybridized carbons (Fsp3) is 0.400. The van der Waals surface area contributed by atoms with Gasteiger partial charge in [-0.15, -0.1) is 0 Å². The van der Waals surface area contributed by atoms with Gasteiger partial charge in [0.2, 0.25) is 0 Å². The molecular formula is C25H31N3O3S2. The van der Waals surface area contributed by atoms with Crippen molar-refractivity contribution in [1.82, 2.24) is 4.98 Å². The van der Waals surface area contributed by atoms with Gasteiger partial charge in [0, 0.05) is 11.7 Å². The Labute approximate surface area is 200 Å². The molecule has 1 aromatic heterocycles. The summed E-state index contributed by atoms with van der Waals surface area (Å²) in [6.07, 6.45) is 6.15. The summed E-state index contributed by atoms with van der Waals surface area (Å²) in [4.78, 5) is 5.78. The van der Waals surface area contributed by atoms with E-state index in [1.807, 2.05) is 39.0 Å². The maximum atomic E-state index is 13.3. The van der Waals surface area contributed by atoms with E-state index in [0.717, 1.165) is 32.4 Å². The van der Waals surface area contributed by atoms with Crippen LogP contribution < -0.4 is 14.8 Å². The van der Waals surface area contributed by atoms with Gasteiger partial charge < -0.3 is 10.1 Å². The van der Waals surface area contributed by atoms with Crippen molar-refractivity contribution in [3.8, 4) is 16.2 Å². The zero-order valence-electron chi connectivity index (χ0n) is 19.6. The van der Waals surface area contributed by atoms with Crippen LogP contribution in [-0.2, 0) is 10.0 Å². The van der Waals surface area contributed by atoms with Crippen molar-refractivity contribution in [2.24, 2.45) is 0 Å². The van der Waals surface area contributed by atoms with Crippen LogP contribution in [0.2, 0.25) is 0 Å². The lowest BCUT2D eigenvalue weighted by atomic mass is 9.96. The molecule has 0 aliphatic heterocycles. The molecule has 6 nitrogen and oxygen atoms in total. The van der Waals surface area contributed by atoms with Gasteiger partial charge in [-0.05, 0) is 80.6 Å². The maximum Gasteiger partial charge on any atom is 0.265 e. The lowest BCUT2D eigenvalue weighted by Crippen LogP contribution is -2.21. The Morgan fingerprint density at radius 2 is 1.76 bits per heavy atom. The number of anilines is 2. The molecule has 176 valence electrons. The minimum atomic E-state index is -3.85. The Hall–Kier alpha value is -2.58. The average Bonchev–Trinajstić information content (AvgIpc) is 3.16. The Kier molecular flexibility index (Phi) is 6.95. The van der Waals surface area contributed by atoms with Crippen molar-refractivity contribution in [3.63, 3.8) is 0 Å². The second-order valence-corrected chi connectivity index (χ2v) is 11.3. The standard InChI is InChI=1S/C25H31N3O3S2/c1-16-10-12-21(14-17(16)2)28-33(29,30)23-15-19(11-13-22(23)31-4)24-18(3)26-25(32-24)27-20-8-6-5-7-9-20/h10-15,20,28H,5-9H2,1-4H3,(H,26,27). The summed E-state index contributed by atoms with van der Waals surface area (Å²) in [5.74, 6) is 0.304. The van der Waals surface area contributed by atoms with Gasteiger partial charge in [-0.1, -0.05) is 36.7 Å². The third kappa shape index (κ3) is 5.33. The molecule has 1 saturated carbocycles. The Morgan fingerprint density at radius 1 is 1.00 bits per heavy atom. The van der Waals surface area contributed by atoms with Crippen molar-refractivity contribution in [3.05, 3.63) is 53.2 Å². The second-order valence-electron chi connectivity index (χ2n) is 8.68. The highest BCUT2D eigenvalue weighted by molar-refractivity contribution is 7.92. The van der Waals surface area contributed by atoms with Gasteiger partial charge in [-0.3, -0.25) is 4.72 Å². The smallest absolute Gasteiger partial charge is 0.265 e. The van der Waals surface area contributed by atoms with Crippen molar-refractivity contribution in [2.45, 2.75) is 63.8 Å². The van der Waals surface area contributed by atoms with Gasteiger partial charge in [0.1, 0.15) is 10.6 Å². The van der Waals surface area contributed by atoms with Crippen molar-refractivity contribution >= 4 is 32.2 Å². The molecule has 33 heavy (non-hydrogen) atoms. The Balaban J connectivity index is 1.64. The van der Waals surface area contributed by atoms with E-state index in [9.17, 15) is 8.42 Å². The number of thiazole rings is 1. The second kappa shape index (κ2) is 9.73. The zero-order chi connectivity index (χ0) is 23.6. The van der Waals surface area contributed by atoms with Gasteiger partial charge >= 0.3 is 0 Å². The Morgan fingerprint density at radius 3 is 2.45 bits per heavy atom. The summed E-state index contributed by atoms with van der Waals surface area (Å²) in [6.45, 7) is 5.92. The maximum absolute atomic E-state index is 13.3. The highest BCUT2D eigenvalue weighted by atomic mass is 32.2. The molecule has 0 atom stereocenters. The van der Waals surface area contributed by atoms with Crippen LogP contribution in [0.25, 0.3) is 10.4 Å². The number of nitrogens with one attached hydrogen (secondary N) is 2. The number of rotatable bonds is 7. The number of aromatic nitrogens is 1. The van der Waals surface area contributed by atoms with Crippen molar-refractivity contribution in [1.29, 1.82) is 0 Å². The Bertz CT molecular complexity index is 1250. The van der Waals surface area contributed by atoms with Gasteiger partial charge in [0.15, 0.2) is 5.13 Å². The molecule has 4 rings (SSSR count). The zero-order valence-corrected chi connectivity index (χ0v) is 21.2. The topological polar surface area (TPSA) is 80.3 Å². The molecule has 0 saturated heterocycles. The van der Waals surface area contributed by atoms with E-state index in [0.29, 0.717) is 17.5 Å². The van der Waals surface area contributed by atoms with Gasteiger partial charge in [-0.25, -0.2) is 13.4 Å². The van der Waals surface area contributed by atoms with E-state index < -0.39 is 10.0 Å². The first-order chi connectivity index (χ1) is 15.8. The highest BCUT2D eigenvalue weighted by Gasteiger charge is 2.23. The summed E-state index contributed by atoms with van der Waals surface area (Å²) in [5, 5.41) is 4.47. The van der Waals surface area contributed by atoms with E-state index in [4.69, 9.17) is 9.72 Å². The number of aryl methyl sites for hydroxylation is 3. The molecule has 0 unspecified atom stereocenters. The van der Waals surface area contributed by atoms with Crippen LogP contribution in [-0.4, -0.2) is 26.6 Å². The minimum Gasteiger partial charge on any atom is -0.495 e. The monoisotopic (exact) mass is 485 g/mol. The largest absolute Gasteiger partial charge is 0.495 e. The molecule has 1 fully saturated rings. The summed E-state index contributed by atoms with van der Waals surface area (Å²) in [5.41, 5.74) is 4.35. The van der Waals surface area contributed by atoms with Crippen molar-refractivity contribution < 1.29 is 13.2 Å².